The lowest BCUT2D eigenvalue weighted by atomic mass is 9.94. The molecule has 1 heterocycles. The highest BCUT2D eigenvalue weighted by Gasteiger charge is 2.24. The van der Waals surface area contributed by atoms with Crippen LogP contribution in [0.1, 0.15) is 17.2 Å². The number of ether oxygens (including phenoxy) is 1. The van der Waals surface area contributed by atoms with Crippen LogP contribution in [-0.2, 0) is 6.42 Å². The van der Waals surface area contributed by atoms with Gasteiger partial charge in [0.1, 0.15) is 5.75 Å². The van der Waals surface area contributed by atoms with Crippen LogP contribution in [-0.4, -0.2) is 31.5 Å². The van der Waals surface area contributed by atoms with E-state index in [2.05, 4.69) is 24.1 Å². The maximum Gasteiger partial charge on any atom is 0.119 e. The minimum Gasteiger partial charge on any atom is -0.497 e. The van der Waals surface area contributed by atoms with Gasteiger partial charge in [0.15, 0.2) is 0 Å². The zero-order chi connectivity index (χ0) is 10.8. The van der Waals surface area contributed by atoms with Gasteiger partial charge in [-0.1, -0.05) is 6.07 Å². The molecule has 0 aliphatic carbocycles. The minimum absolute atomic E-state index is 0.325. The summed E-state index contributed by atoms with van der Waals surface area (Å²) in [6.45, 7) is 1.08. The molecular formula is C12H16ClNO. The summed E-state index contributed by atoms with van der Waals surface area (Å²) in [5.41, 5.74) is 2.72. The Morgan fingerprint density at radius 1 is 1.53 bits per heavy atom. The lowest BCUT2D eigenvalue weighted by molar-refractivity contribution is 0.249. The number of rotatable bonds is 2. The van der Waals surface area contributed by atoms with Crippen molar-refractivity contribution in [3.8, 4) is 5.75 Å². The second kappa shape index (κ2) is 4.42. The van der Waals surface area contributed by atoms with Crippen molar-refractivity contribution in [1.82, 2.24) is 4.90 Å². The Morgan fingerprint density at radius 2 is 2.33 bits per heavy atom. The molecule has 2 rings (SSSR count). The third-order valence-electron chi connectivity index (χ3n) is 3.12. The van der Waals surface area contributed by atoms with Crippen LogP contribution in [0, 0.1) is 0 Å². The van der Waals surface area contributed by atoms with Gasteiger partial charge in [-0.15, -0.1) is 11.6 Å². The maximum absolute atomic E-state index is 6.02. The van der Waals surface area contributed by atoms with Crippen molar-refractivity contribution < 1.29 is 4.74 Å². The van der Waals surface area contributed by atoms with E-state index >= 15 is 0 Å². The SMILES string of the molecule is COc1ccc2c(c1)C(CCl)N(C)CC2. The molecule has 1 unspecified atom stereocenters. The summed E-state index contributed by atoms with van der Waals surface area (Å²) in [5.74, 6) is 1.55. The van der Waals surface area contributed by atoms with E-state index in [1.54, 1.807) is 7.11 Å². The second-order valence-electron chi connectivity index (χ2n) is 3.97. The maximum atomic E-state index is 6.02. The first-order valence-corrected chi connectivity index (χ1v) is 5.72. The number of benzene rings is 1. The fraction of sp³-hybridized carbons (Fsp3) is 0.500. The topological polar surface area (TPSA) is 12.5 Å². The number of nitrogens with zero attached hydrogens (tertiary/aromatic N) is 1. The zero-order valence-electron chi connectivity index (χ0n) is 9.16. The van der Waals surface area contributed by atoms with Crippen LogP contribution in [0.25, 0.3) is 0 Å². The molecule has 0 spiro atoms. The average molecular weight is 226 g/mol. The molecule has 1 aliphatic rings. The summed E-state index contributed by atoms with van der Waals surface area (Å²) in [6, 6.07) is 6.61. The number of likely N-dealkylation sites (N-methyl/N-ethyl adjacent to an activating group) is 1. The Balaban J connectivity index is 2.41. The lowest BCUT2D eigenvalue weighted by Gasteiger charge is -2.33. The molecule has 1 aromatic carbocycles. The third-order valence-corrected chi connectivity index (χ3v) is 3.42. The molecule has 0 fully saturated rings. The van der Waals surface area contributed by atoms with Crippen molar-refractivity contribution >= 4 is 11.6 Å². The summed E-state index contributed by atoms with van der Waals surface area (Å²) in [5, 5.41) is 0. The smallest absolute Gasteiger partial charge is 0.119 e. The predicted octanol–water partition coefficient (Wildman–Crippen LogP) is 2.46. The first-order valence-electron chi connectivity index (χ1n) is 5.19. The minimum atomic E-state index is 0.325. The van der Waals surface area contributed by atoms with Gasteiger partial charge in [-0.3, -0.25) is 4.90 Å². The number of fused-ring (bicyclic) bond motifs is 1. The van der Waals surface area contributed by atoms with Gasteiger partial charge >= 0.3 is 0 Å². The second-order valence-corrected chi connectivity index (χ2v) is 4.27. The normalized spacial score (nSPS) is 21.1. The first-order chi connectivity index (χ1) is 7.26. The number of methoxy groups -OCH3 is 1. The molecule has 0 bridgehead atoms. The molecule has 3 heteroatoms. The molecule has 2 nitrogen and oxygen atoms in total. The van der Waals surface area contributed by atoms with Crippen LogP contribution >= 0.6 is 11.6 Å². The predicted molar refractivity (Wildman–Crippen MR) is 62.8 cm³/mol. The standard InChI is InChI=1S/C12H16ClNO/c1-14-6-5-9-3-4-10(15-2)7-11(9)12(14)8-13/h3-4,7,12H,5-6,8H2,1-2H3. The van der Waals surface area contributed by atoms with Crippen LogP contribution in [0.2, 0.25) is 0 Å². The van der Waals surface area contributed by atoms with Gasteiger partial charge in [0.2, 0.25) is 0 Å². The number of hydrogen-bond acceptors (Lipinski definition) is 2. The molecule has 1 aromatic rings. The van der Waals surface area contributed by atoms with Gasteiger partial charge in [0, 0.05) is 18.5 Å². The van der Waals surface area contributed by atoms with Gasteiger partial charge in [-0.2, -0.15) is 0 Å². The highest BCUT2D eigenvalue weighted by atomic mass is 35.5. The Labute approximate surface area is 95.8 Å². The summed E-state index contributed by atoms with van der Waals surface area (Å²) in [7, 11) is 3.82. The van der Waals surface area contributed by atoms with E-state index in [1.807, 2.05) is 6.07 Å². The van der Waals surface area contributed by atoms with Crippen LogP contribution in [0.5, 0.6) is 5.75 Å². The quantitative estimate of drug-likeness (QED) is 0.717. The van der Waals surface area contributed by atoms with Gasteiger partial charge < -0.3 is 4.74 Å². The van der Waals surface area contributed by atoms with Gasteiger partial charge in [0.05, 0.1) is 7.11 Å². The van der Waals surface area contributed by atoms with Gasteiger partial charge in [-0.05, 0) is 36.7 Å². The van der Waals surface area contributed by atoms with Gasteiger partial charge in [-0.25, -0.2) is 0 Å². The van der Waals surface area contributed by atoms with Crippen LogP contribution in [0.4, 0.5) is 0 Å². The molecular weight excluding hydrogens is 210 g/mol. The number of hydrogen-bond donors (Lipinski definition) is 0. The largest absolute Gasteiger partial charge is 0.497 e. The fourth-order valence-electron chi connectivity index (χ4n) is 2.13. The fourth-order valence-corrected chi connectivity index (χ4v) is 2.53. The van der Waals surface area contributed by atoms with Crippen molar-refractivity contribution in [3.63, 3.8) is 0 Å². The first kappa shape index (κ1) is 10.8. The molecule has 0 saturated heterocycles. The molecule has 15 heavy (non-hydrogen) atoms. The Bertz CT molecular complexity index is 353. The van der Waals surface area contributed by atoms with Crippen molar-refractivity contribution in [2.75, 3.05) is 26.6 Å². The molecule has 0 radical (unpaired) electrons. The van der Waals surface area contributed by atoms with Crippen molar-refractivity contribution in [3.05, 3.63) is 29.3 Å². The summed E-state index contributed by atoms with van der Waals surface area (Å²) >= 11 is 6.02. The van der Waals surface area contributed by atoms with E-state index in [-0.39, 0.29) is 0 Å². The molecule has 0 N–H and O–H groups in total. The molecule has 0 amide bonds. The van der Waals surface area contributed by atoms with Crippen LogP contribution in [0.3, 0.4) is 0 Å². The van der Waals surface area contributed by atoms with Gasteiger partial charge in [0.25, 0.3) is 0 Å². The number of halogens is 1. The Hall–Kier alpha value is -0.730. The monoisotopic (exact) mass is 225 g/mol. The summed E-state index contributed by atoms with van der Waals surface area (Å²) < 4.78 is 5.25. The Morgan fingerprint density at radius 3 is 3.00 bits per heavy atom. The zero-order valence-corrected chi connectivity index (χ0v) is 9.92. The molecule has 82 valence electrons. The van der Waals surface area contributed by atoms with E-state index in [9.17, 15) is 0 Å². The Kier molecular flexibility index (Phi) is 3.17. The van der Waals surface area contributed by atoms with E-state index < -0.39 is 0 Å². The van der Waals surface area contributed by atoms with E-state index in [1.165, 1.54) is 11.1 Å². The summed E-state index contributed by atoms with van der Waals surface area (Å²) in [4.78, 5) is 2.30. The van der Waals surface area contributed by atoms with Crippen molar-refractivity contribution in [2.24, 2.45) is 0 Å². The highest BCUT2D eigenvalue weighted by molar-refractivity contribution is 6.18. The van der Waals surface area contributed by atoms with Crippen molar-refractivity contribution in [2.45, 2.75) is 12.5 Å². The molecule has 1 aliphatic heterocycles. The third kappa shape index (κ3) is 1.97. The average Bonchev–Trinajstić information content (AvgIpc) is 2.28. The number of alkyl halides is 1. The van der Waals surface area contributed by atoms with Crippen LogP contribution in [0.15, 0.2) is 18.2 Å². The van der Waals surface area contributed by atoms with E-state index in [0.29, 0.717) is 11.9 Å². The highest BCUT2D eigenvalue weighted by Crippen LogP contribution is 2.32. The van der Waals surface area contributed by atoms with E-state index in [0.717, 1.165) is 18.7 Å². The lowest BCUT2D eigenvalue weighted by Crippen LogP contribution is -2.33. The molecule has 1 atom stereocenters. The van der Waals surface area contributed by atoms with E-state index in [4.69, 9.17) is 16.3 Å². The van der Waals surface area contributed by atoms with Crippen LogP contribution < -0.4 is 4.74 Å². The summed E-state index contributed by atoms with van der Waals surface area (Å²) in [6.07, 6.45) is 1.10. The molecule has 0 saturated carbocycles. The van der Waals surface area contributed by atoms with Crippen molar-refractivity contribution in [1.29, 1.82) is 0 Å². The molecule has 0 aromatic heterocycles.